The normalized spacial score (nSPS) is 10.6. The molecule has 78 valence electrons. The number of nitrogens with zero attached hydrogens (tertiary/aromatic N) is 1. The molecular weight excluding hydrogens is 285 g/mol. The van der Waals surface area contributed by atoms with E-state index in [4.69, 9.17) is 16.0 Å². The second-order valence-electron chi connectivity index (χ2n) is 2.76. The third kappa shape index (κ3) is 1.85. The third-order valence-electron chi connectivity index (χ3n) is 1.84. The van der Waals surface area contributed by atoms with Crippen LogP contribution < -0.4 is 0 Å². The molecule has 0 aliphatic rings. The van der Waals surface area contributed by atoms with Crippen LogP contribution in [-0.2, 0) is 4.74 Å². The first-order valence-corrected chi connectivity index (χ1v) is 5.13. The summed E-state index contributed by atoms with van der Waals surface area (Å²) in [7, 11) is 1.32. The van der Waals surface area contributed by atoms with Crippen molar-refractivity contribution in [3.63, 3.8) is 0 Å². The van der Waals surface area contributed by atoms with Crippen molar-refractivity contribution in [1.29, 1.82) is 0 Å². The average Bonchev–Trinajstić information content (AvgIpc) is 2.58. The van der Waals surface area contributed by atoms with Crippen LogP contribution in [0.15, 0.2) is 21.0 Å². The van der Waals surface area contributed by atoms with Gasteiger partial charge in [-0.25, -0.2) is 4.79 Å². The lowest BCUT2D eigenvalue weighted by molar-refractivity contribution is 0.0601. The van der Waals surface area contributed by atoms with E-state index in [0.29, 0.717) is 21.1 Å². The summed E-state index contributed by atoms with van der Waals surface area (Å²) in [5.41, 5.74) is 1.41. The van der Waals surface area contributed by atoms with Crippen molar-refractivity contribution in [2.75, 3.05) is 7.11 Å². The summed E-state index contributed by atoms with van der Waals surface area (Å²) < 4.78 is 10.3. The lowest BCUT2D eigenvalue weighted by Gasteiger charge is -1.99. The first-order valence-electron chi connectivity index (χ1n) is 3.95. The van der Waals surface area contributed by atoms with Gasteiger partial charge in [0.25, 0.3) is 5.35 Å². The molecule has 6 heteroatoms. The van der Waals surface area contributed by atoms with Gasteiger partial charge in [0.1, 0.15) is 5.52 Å². The van der Waals surface area contributed by atoms with E-state index in [0.717, 1.165) is 0 Å². The summed E-state index contributed by atoms with van der Waals surface area (Å²) in [5.74, 6) is -0.434. The number of aromatic nitrogens is 1. The zero-order chi connectivity index (χ0) is 11.0. The predicted octanol–water partition coefficient (Wildman–Crippen LogP) is 3.03. The molecule has 0 atom stereocenters. The van der Waals surface area contributed by atoms with Crippen molar-refractivity contribution in [3.8, 4) is 0 Å². The van der Waals surface area contributed by atoms with Crippen LogP contribution in [0.2, 0.25) is 5.35 Å². The highest BCUT2D eigenvalue weighted by Crippen LogP contribution is 2.28. The van der Waals surface area contributed by atoms with E-state index in [2.05, 4.69) is 25.7 Å². The van der Waals surface area contributed by atoms with Gasteiger partial charge >= 0.3 is 5.97 Å². The highest BCUT2D eigenvalue weighted by atomic mass is 79.9. The van der Waals surface area contributed by atoms with Crippen molar-refractivity contribution in [2.45, 2.75) is 0 Å². The maximum Gasteiger partial charge on any atom is 0.337 e. The number of methoxy groups -OCH3 is 1. The molecule has 0 spiro atoms. The van der Waals surface area contributed by atoms with Crippen LogP contribution in [0.1, 0.15) is 10.4 Å². The zero-order valence-electron chi connectivity index (χ0n) is 7.58. The largest absolute Gasteiger partial charge is 0.465 e. The maximum absolute atomic E-state index is 11.3. The van der Waals surface area contributed by atoms with Crippen LogP contribution in [0.25, 0.3) is 11.1 Å². The van der Waals surface area contributed by atoms with Gasteiger partial charge in [0.15, 0.2) is 5.58 Å². The van der Waals surface area contributed by atoms with E-state index in [1.165, 1.54) is 7.11 Å². The number of esters is 1. The molecule has 0 amide bonds. The fraction of sp³-hybridized carbons (Fsp3) is 0.111. The number of benzene rings is 1. The van der Waals surface area contributed by atoms with Gasteiger partial charge in [-0.15, -0.1) is 0 Å². The second-order valence-corrected chi connectivity index (χ2v) is 3.94. The highest BCUT2D eigenvalue weighted by molar-refractivity contribution is 9.10. The monoisotopic (exact) mass is 289 g/mol. The van der Waals surface area contributed by atoms with Crippen molar-refractivity contribution >= 4 is 44.6 Å². The van der Waals surface area contributed by atoms with E-state index >= 15 is 0 Å². The Hall–Kier alpha value is -1.07. The number of carbonyl (C=O) groups is 1. The Balaban J connectivity index is 2.66. The summed E-state index contributed by atoms with van der Waals surface area (Å²) in [6.45, 7) is 0. The summed E-state index contributed by atoms with van der Waals surface area (Å²) in [6.07, 6.45) is 0. The van der Waals surface area contributed by atoms with Gasteiger partial charge in [-0.1, -0.05) is 0 Å². The Bertz CT molecular complexity index is 537. The summed E-state index contributed by atoms with van der Waals surface area (Å²) >= 11 is 8.86. The molecule has 0 radical (unpaired) electrons. The van der Waals surface area contributed by atoms with Gasteiger partial charge in [0.05, 0.1) is 17.1 Å². The second kappa shape index (κ2) is 3.83. The Morgan fingerprint density at radius 2 is 2.33 bits per heavy atom. The Labute approximate surface area is 98.3 Å². The SMILES string of the molecule is COC(=O)c1cc(Br)c2oc(Cl)nc2c1. The topological polar surface area (TPSA) is 52.3 Å². The Kier molecular flexibility index (Phi) is 2.67. The number of ether oxygens (including phenoxy) is 1. The number of hydrogen-bond acceptors (Lipinski definition) is 4. The molecule has 0 aliphatic heterocycles. The first kappa shape index (κ1) is 10.4. The van der Waals surface area contributed by atoms with Crippen molar-refractivity contribution in [3.05, 3.63) is 27.5 Å². The van der Waals surface area contributed by atoms with E-state index in [1.54, 1.807) is 12.1 Å². The molecule has 15 heavy (non-hydrogen) atoms. The lowest BCUT2D eigenvalue weighted by Crippen LogP contribution is -2.00. The molecule has 4 nitrogen and oxygen atoms in total. The van der Waals surface area contributed by atoms with Crippen LogP contribution in [0.3, 0.4) is 0 Å². The number of hydrogen-bond donors (Lipinski definition) is 0. The first-order chi connectivity index (χ1) is 7.11. The maximum atomic E-state index is 11.3. The van der Waals surface area contributed by atoms with Crippen molar-refractivity contribution in [2.24, 2.45) is 0 Å². The molecular formula is C9H5BrClNO3. The predicted molar refractivity (Wildman–Crippen MR) is 58.1 cm³/mol. The zero-order valence-corrected chi connectivity index (χ0v) is 9.92. The Morgan fingerprint density at radius 3 is 3.00 bits per heavy atom. The highest BCUT2D eigenvalue weighted by Gasteiger charge is 2.13. The van der Waals surface area contributed by atoms with E-state index in [9.17, 15) is 4.79 Å². The minimum absolute atomic E-state index is 0.0349. The molecule has 0 bridgehead atoms. The molecule has 2 aromatic rings. The average molecular weight is 290 g/mol. The summed E-state index contributed by atoms with van der Waals surface area (Å²) in [4.78, 5) is 15.2. The van der Waals surface area contributed by atoms with E-state index < -0.39 is 5.97 Å². The van der Waals surface area contributed by atoms with Crippen LogP contribution in [-0.4, -0.2) is 18.1 Å². The number of halogens is 2. The van der Waals surface area contributed by atoms with Crippen molar-refractivity contribution in [1.82, 2.24) is 4.98 Å². The molecule has 0 unspecified atom stereocenters. The van der Waals surface area contributed by atoms with Crippen LogP contribution in [0.4, 0.5) is 0 Å². The van der Waals surface area contributed by atoms with Crippen molar-refractivity contribution < 1.29 is 13.9 Å². The molecule has 0 saturated heterocycles. The summed E-state index contributed by atoms with van der Waals surface area (Å²) in [6, 6.07) is 3.15. The molecule has 0 aliphatic carbocycles. The minimum atomic E-state index is -0.434. The van der Waals surface area contributed by atoms with Gasteiger partial charge < -0.3 is 9.15 Å². The quantitative estimate of drug-likeness (QED) is 0.758. The van der Waals surface area contributed by atoms with Gasteiger partial charge in [0.2, 0.25) is 0 Å². The number of rotatable bonds is 1. The molecule has 0 saturated carbocycles. The molecule has 2 rings (SSSR count). The van der Waals surface area contributed by atoms with Gasteiger partial charge in [-0.05, 0) is 39.7 Å². The smallest absolute Gasteiger partial charge is 0.337 e. The summed E-state index contributed by atoms with van der Waals surface area (Å²) in [5, 5.41) is 0.0349. The number of oxazole rings is 1. The minimum Gasteiger partial charge on any atom is -0.465 e. The molecule has 1 aromatic heterocycles. The molecule has 0 fully saturated rings. The van der Waals surface area contributed by atoms with Gasteiger partial charge in [0, 0.05) is 0 Å². The number of fused-ring (bicyclic) bond motifs is 1. The van der Waals surface area contributed by atoms with Crippen LogP contribution in [0.5, 0.6) is 0 Å². The number of carbonyl (C=O) groups excluding carboxylic acids is 1. The molecule has 1 aromatic carbocycles. The lowest BCUT2D eigenvalue weighted by atomic mass is 10.2. The Morgan fingerprint density at radius 1 is 1.60 bits per heavy atom. The fourth-order valence-electron chi connectivity index (χ4n) is 1.20. The fourth-order valence-corrected chi connectivity index (χ4v) is 1.90. The molecule has 1 heterocycles. The van der Waals surface area contributed by atoms with Gasteiger partial charge in [-0.2, -0.15) is 4.98 Å². The third-order valence-corrected chi connectivity index (χ3v) is 2.59. The molecule has 0 N–H and O–H groups in total. The van der Waals surface area contributed by atoms with Crippen LogP contribution in [0, 0.1) is 0 Å². The van der Waals surface area contributed by atoms with Crippen LogP contribution >= 0.6 is 27.5 Å². The van der Waals surface area contributed by atoms with E-state index in [1.807, 2.05) is 0 Å². The standard InChI is InChI=1S/C9H5BrClNO3/c1-14-8(13)4-2-5(10)7-6(3-4)12-9(11)15-7/h2-3H,1H3. The van der Waals surface area contributed by atoms with Gasteiger partial charge in [-0.3, -0.25) is 0 Å². The van der Waals surface area contributed by atoms with E-state index in [-0.39, 0.29) is 5.35 Å².